The maximum Gasteiger partial charge on any atom is 0.270 e. The van der Waals surface area contributed by atoms with Crippen LogP contribution < -0.4 is 10.1 Å². The molecule has 0 bridgehead atoms. The number of carbonyl (C=O) groups excluding carboxylic acids is 3. The number of ketones is 1. The molecule has 0 atom stereocenters. The van der Waals surface area contributed by atoms with E-state index in [1.165, 1.54) is 37.3 Å². The first kappa shape index (κ1) is 26.3. The predicted molar refractivity (Wildman–Crippen MR) is 140 cm³/mol. The predicted octanol–water partition coefficient (Wildman–Crippen LogP) is 3.74. The van der Waals surface area contributed by atoms with Gasteiger partial charge in [-0.2, -0.15) is 0 Å². The minimum Gasteiger partial charge on any atom is -0.497 e. The van der Waals surface area contributed by atoms with Gasteiger partial charge in [0.15, 0.2) is 5.78 Å². The third kappa shape index (κ3) is 7.13. The lowest BCUT2D eigenvalue weighted by Crippen LogP contribution is -2.38. The van der Waals surface area contributed by atoms with Crippen molar-refractivity contribution in [3.8, 4) is 5.75 Å². The summed E-state index contributed by atoms with van der Waals surface area (Å²) in [6.07, 6.45) is 5.59. The Kier molecular flexibility index (Phi) is 9.47. The molecular formula is C27H36N4O4S. The van der Waals surface area contributed by atoms with Crippen LogP contribution in [-0.2, 0) is 4.79 Å². The smallest absolute Gasteiger partial charge is 0.270 e. The van der Waals surface area contributed by atoms with Crippen LogP contribution in [0.25, 0.3) is 0 Å². The van der Waals surface area contributed by atoms with Gasteiger partial charge in [-0.15, -0.1) is 11.3 Å². The summed E-state index contributed by atoms with van der Waals surface area (Å²) in [7, 11) is 1.58. The lowest BCUT2D eigenvalue weighted by molar-refractivity contribution is -0.132. The molecule has 36 heavy (non-hydrogen) atoms. The topological polar surface area (TPSA) is 91.8 Å². The molecule has 2 fully saturated rings. The first-order valence-corrected chi connectivity index (χ1v) is 13.8. The minimum absolute atomic E-state index is 0.0171. The second-order valence-electron chi connectivity index (χ2n) is 9.54. The van der Waals surface area contributed by atoms with Crippen molar-refractivity contribution in [3.05, 3.63) is 45.9 Å². The fraction of sp³-hybridized carbons (Fsp3) is 0.556. The third-order valence-corrected chi connectivity index (χ3v) is 8.07. The Labute approximate surface area is 217 Å². The number of piperidine rings is 1. The summed E-state index contributed by atoms with van der Waals surface area (Å²) in [6, 6.07) is 6.97. The number of carbonyl (C=O) groups is 3. The fourth-order valence-corrected chi connectivity index (χ4v) is 5.83. The van der Waals surface area contributed by atoms with Crippen molar-refractivity contribution in [2.75, 3.05) is 46.4 Å². The van der Waals surface area contributed by atoms with E-state index < -0.39 is 0 Å². The number of likely N-dealkylation sites (tertiary alicyclic amines) is 2. The van der Waals surface area contributed by atoms with E-state index in [2.05, 4.69) is 15.2 Å². The molecule has 8 nitrogen and oxygen atoms in total. The van der Waals surface area contributed by atoms with Gasteiger partial charge in [0.25, 0.3) is 5.91 Å². The maximum atomic E-state index is 12.7. The Morgan fingerprint density at radius 3 is 2.47 bits per heavy atom. The van der Waals surface area contributed by atoms with Gasteiger partial charge in [-0.1, -0.05) is 0 Å². The molecule has 1 aromatic heterocycles. The van der Waals surface area contributed by atoms with Crippen molar-refractivity contribution in [3.63, 3.8) is 0 Å². The van der Waals surface area contributed by atoms with Gasteiger partial charge in [-0.05, 0) is 76.0 Å². The molecule has 3 heterocycles. The minimum atomic E-state index is -0.104. The van der Waals surface area contributed by atoms with E-state index >= 15 is 0 Å². The second-order valence-corrected chi connectivity index (χ2v) is 10.4. The molecule has 9 heteroatoms. The number of rotatable bonds is 11. The van der Waals surface area contributed by atoms with Gasteiger partial charge < -0.3 is 19.9 Å². The highest BCUT2D eigenvalue weighted by atomic mass is 32.1. The Balaban J connectivity index is 1.16. The van der Waals surface area contributed by atoms with Crippen LogP contribution in [0.3, 0.4) is 0 Å². The molecule has 2 aliphatic heterocycles. The van der Waals surface area contributed by atoms with Crippen molar-refractivity contribution >= 4 is 28.9 Å². The molecule has 0 unspecified atom stereocenters. The zero-order valence-corrected chi connectivity index (χ0v) is 21.9. The average molecular weight is 513 g/mol. The molecule has 2 amide bonds. The fourth-order valence-electron chi connectivity index (χ4n) is 4.86. The number of nitrogens with zero attached hydrogens (tertiary/aromatic N) is 3. The van der Waals surface area contributed by atoms with E-state index in [-0.39, 0.29) is 36.4 Å². The van der Waals surface area contributed by atoms with Crippen LogP contribution in [0.4, 0.5) is 0 Å². The van der Waals surface area contributed by atoms with E-state index in [0.29, 0.717) is 36.6 Å². The van der Waals surface area contributed by atoms with Crippen molar-refractivity contribution in [2.45, 2.75) is 50.9 Å². The molecule has 4 rings (SSSR count). The van der Waals surface area contributed by atoms with E-state index in [1.54, 1.807) is 31.4 Å². The molecule has 1 aromatic carbocycles. The van der Waals surface area contributed by atoms with Gasteiger partial charge in [-0.25, -0.2) is 4.98 Å². The highest BCUT2D eigenvalue weighted by Gasteiger charge is 2.26. The Bertz CT molecular complexity index is 1020. The normalized spacial score (nSPS) is 16.8. The lowest BCUT2D eigenvalue weighted by atomic mass is 9.97. The molecule has 0 spiro atoms. The second kappa shape index (κ2) is 13.0. The van der Waals surface area contributed by atoms with Crippen LogP contribution >= 0.6 is 11.3 Å². The summed E-state index contributed by atoms with van der Waals surface area (Å²) in [6.45, 7) is 5.36. The first-order chi connectivity index (χ1) is 17.5. The van der Waals surface area contributed by atoms with Crippen LogP contribution in [0.2, 0.25) is 0 Å². The van der Waals surface area contributed by atoms with Gasteiger partial charge in [0.05, 0.1) is 12.1 Å². The summed E-state index contributed by atoms with van der Waals surface area (Å²) in [4.78, 5) is 46.5. The molecule has 1 N–H and O–H groups in total. The maximum absolute atomic E-state index is 12.7. The van der Waals surface area contributed by atoms with Crippen molar-refractivity contribution in [1.82, 2.24) is 20.1 Å². The molecule has 0 aliphatic carbocycles. The van der Waals surface area contributed by atoms with Crippen molar-refractivity contribution in [1.29, 1.82) is 0 Å². The number of aromatic nitrogens is 1. The SMILES string of the molecule is COc1ccc(C(=O)CCC(=O)N2CCC(c3nc(C(=O)NCCCN4CCCC4)cs3)CC2)cc1. The summed E-state index contributed by atoms with van der Waals surface area (Å²) in [5, 5.41) is 5.81. The summed E-state index contributed by atoms with van der Waals surface area (Å²) in [5.41, 5.74) is 1.09. The Morgan fingerprint density at radius 1 is 1.06 bits per heavy atom. The van der Waals surface area contributed by atoms with Gasteiger partial charge in [0.2, 0.25) is 5.91 Å². The number of benzene rings is 1. The number of hydrogen-bond acceptors (Lipinski definition) is 7. The van der Waals surface area contributed by atoms with E-state index in [9.17, 15) is 14.4 Å². The van der Waals surface area contributed by atoms with Gasteiger partial charge in [0, 0.05) is 49.3 Å². The van der Waals surface area contributed by atoms with E-state index in [4.69, 9.17) is 4.74 Å². The third-order valence-electron chi connectivity index (χ3n) is 7.06. The van der Waals surface area contributed by atoms with Crippen molar-refractivity contribution in [2.24, 2.45) is 0 Å². The van der Waals surface area contributed by atoms with Crippen LogP contribution in [-0.4, -0.2) is 78.8 Å². The monoisotopic (exact) mass is 512 g/mol. The number of Topliss-reactive ketones (excluding diaryl/α,β-unsaturated/α-hetero) is 1. The molecule has 2 aromatic rings. The number of thiazole rings is 1. The summed E-state index contributed by atoms with van der Waals surface area (Å²) >= 11 is 1.53. The van der Waals surface area contributed by atoms with Crippen LogP contribution in [0, 0.1) is 0 Å². The highest BCUT2D eigenvalue weighted by Crippen LogP contribution is 2.30. The van der Waals surface area contributed by atoms with Gasteiger partial charge in [-0.3, -0.25) is 14.4 Å². The Hall–Kier alpha value is -2.78. The number of nitrogens with one attached hydrogen (secondary N) is 1. The Morgan fingerprint density at radius 2 is 1.78 bits per heavy atom. The van der Waals surface area contributed by atoms with Gasteiger partial charge in [0.1, 0.15) is 11.4 Å². The van der Waals surface area contributed by atoms with Crippen LogP contribution in [0.15, 0.2) is 29.6 Å². The average Bonchev–Trinajstić information content (AvgIpc) is 3.62. The highest BCUT2D eigenvalue weighted by molar-refractivity contribution is 7.09. The van der Waals surface area contributed by atoms with Crippen molar-refractivity contribution < 1.29 is 19.1 Å². The van der Waals surface area contributed by atoms with Gasteiger partial charge >= 0.3 is 0 Å². The zero-order chi connectivity index (χ0) is 25.3. The number of hydrogen-bond donors (Lipinski definition) is 1. The molecule has 0 saturated carbocycles. The molecule has 2 saturated heterocycles. The van der Waals surface area contributed by atoms with E-state index in [0.717, 1.165) is 30.8 Å². The molecule has 0 radical (unpaired) electrons. The number of amides is 2. The quantitative estimate of drug-likeness (QED) is 0.364. The summed E-state index contributed by atoms with van der Waals surface area (Å²) < 4.78 is 5.12. The number of ether oxygens (including phenoxy) is 1. The molecular weight excluding hydrogens is 476 g/mol. The standard InChI is InChI=1S/C27H36N4O4S/c1-35-22-7-5-20(6-8-22)24(32)9-10-25(33)31-17-11-21(12-18-31)27-29-23(19-36-27)26(34)28-13-4-16-30-14-2-3-15-30/h5-8,19,21H,2-4,9-18H2,1H3,(H,28,34). The summed E-state index contributed by atoms with van der Waals surface area (Å²) in [5.74, 6) is 0.838. The largest absolute Gasteiger partial charge is 0.497 e. The number of methoxy groups -OCH3 is 1. The lowest BCUT2D eigenvalue weighted by Gasteiger charge is -2.31. The first-order valence-electron chi connectivity index (χ1n) is 12.9. The molecule has 194 valence electrons. The van der Waals surface area contributed by atoms with E-state index in [1.807, 2.05) is 10.3 Å². The van der Waals surface area contributed by atoms with Crippen LogP contribution in [0.5, 0.6) is 5.75 Å². The molecule has 2 aliphatic rings. The van der Waals surface area contributed by atoms with Crippen LogP contribution in [0.1, 0.15) is 76.7 Å². The zero-order valence-electron chi connectivity index (χ0n) is 21.0.